The minimum atomic E-state index is -1.68. The molecule has 1 unspecified atom stereocenters. The third kappa shape index (κ3) is 4.13. The van der Waals surface area contributed by atoms with E-state index in [1.165, 1.54) is 18.7 Å². The van der Waals surface area contributed by atoms with Gasteiger partial charge >= 0.3 is 0 Å². The number of nitrogens with one attached hydrogen (secondary N) is 1. The summed E-state index contributed by atoms with van der Waals surface area (Å²) < 4.78 is 12.8. The van der Waals surface area contributed by atoms with Crippen LogP contribution in [0.2, 0.25) is 0 Å². The van der Waals surface area contributed by atoms with Crippen LogP contribution >= 0.6 is 11.8 Å². The van der Waals surface area contributed by atoms with Gasteiger partial charge in [-0.25, -0.2) is 0 Å². The number of amides is 1. The van der Waals surface area contributed by atoms with Crippen LogP contribution in [0.25, 0.3) is 0 Å². The lowest BCUT2D eigenvalue weighted by Crippen LogP contribution is -2.63. The number of thioether (sulfide) groups is 1. The average molecular weight is 320 g/mol. The molecule has 0 aromatic heterocycles. The summed E-state index contributed by atoms with van der Waals surface area (Å²) in [7, 11) is 0. The van der Waals surface area contributed by atoms with Gasteiger partial charge in [-0.3, -0.25) is 4.79 Å². The Bertz CT molecular complexity index is 446. The predicted octanol–water partition coefficient (Wildman–Crippen LogP) is -0.765. The van der Waals surface area contributed by atoms with E-state index in [0.29, 0.717) is 12.2 Å². The fourth-order valence-corrected chi connectivity index (χ4v) is 3.48. The van der Waals surface area contributed by atoms with E-state index in [0.717, 1.165) is 0 Å². The van der Waals surface area contributed by atoms with Gasteiger partial charge in [0.15, 0.2) is 5.66 Å². The monoisotopic (exact) mass is 320 g/mol. The third-order valence-corrected chi connectivity index (χ3v) is 4.63. The largest absolute Gasteiger partial charge is 0.394 e. The molecule has 0 aromatic rings. The van der Waals surface area contributed by atoms with Gasteiger partial charge in [0, 0.05) is 19.1 Å². The van der Waals surface area contributed by atoms with Gasteiger partial charge in [0.25, 0.3) is 0 Å². The van der Waals surface area contributed by atoms with Crippen LogP contribution in [0, 0.1) is 0 Å². The summed E-state index contributed by atoms with van der Waals surface area (Å²) in [6, 6.07) is -0.826. The normalized spacial score (nSPS) is 39.5. The van der Waals surface area contributed by atoms with E-state index in [2.05, 4.69) is 15.5 Å². The van der Waals surface area contributed by atoms with Crippen molar-refractivity contribution in [3.63, 3.8) is 0 Å². The Morgan fingerprint density at radius 1 is 1.48 bits per heavy atom. The lowest BCUT2D eigenvalue weighted by atomic mass is 9.98. The summed E-state index contributed by atoms with van der Waals surface area (Å²) in [6.45, 7) is 1.50. The van der Waals surface area contributed by atoms with Crippen LogP contribution < -0.4 is 5.32 Å². The molecule has 0 aliphatic carbocycles. The fourth-order valence-electron chi connectivity index (χ4n) is 2.10. The Kier molecular flexibility index (Phi) is 4.75. The Morgan fingerprint density at radius 2 is 2.14 bits per heavy atom. The molecule has 1 fully saturated rings. The van der Waals surface area contributed by atoms with E-state index in [1.807, 2.05) is 6.92 Å². The zero-order valence-corrected chi connectivity index (χ0v) is 12.7. The molecule has 4 N–H and O–H groups in total. The Hall–Kier alpha value is -0.740. The van der Waals surface area contributed by atoms with Gasteiger partial charge in [-0.1, -0.05) is 0 Å². The van der Waals surface area contributed by atoms with Crippen LogP contribution in [0.5, 0.6) is 0 Å². The van der Waals surface area contributed by atoms with Crippen molar-refractivity contribution in [2.45, 2.75) is 55.7 Å². The molecule has 0 bridgehead atoms. The standard InChI is InChI=1S/C12H21N3O5S/c1-6(17)13-8-10(19)9(18)7(5-16)20-11(8)21-4-3-12(2)14-15-12/h7-11,16,18-19H,3-5H2,1-2H3,(H,13,17)/t7-,8-,9+,10-,11+/m1/s1/i5D/t5?,7-,8-,9+,10-,11+. The first kappa shape index (κ1) is 15.2. The molecule has 2 aliphatic heterocycles. The summed E-state index contributed by atoms with van der Waals surface area (Å²) in [5.41, 5.74) is -1.05. The first-order chi connectivity index (χ1) is 10.2. The molecule has 2 rings (SSSR count). The van der Waals surface area contributed by atoms with E-state index in [-0.39, 0.29) is 11.6 Å². The van der Waals surface area contributed by atoms with Crippen LogP contribution in [0.15, 0.2) is 10.2 Å². The highest BCUT2D eigenvalue weighted by atomic mass is 32.2. The van der Waals surface area contributed by atoms with Crippen molar-refractivity contribution in [3.05, 3.63) is 0 Å². The zero-order chi connectivity index (χ0) is 16.5. The predicted molar refractivity (Wildman–Crippen MR) is 75.7 cm³/mol. The highest BCUT2D eigenvalue weighted by molar-refractivity contribution is 7.99. The van der Waals surface area contributed by atoms with Crippen molar-refractivity contribution >= 4 is 17.7 Å². The maximum Gasteiger partial charge on any atom is 0.217 e. The molecule has 2 aliphatic rings. The van der Waals surface area contributed by atoms with Gasteiger partial charge in [0.05, 0.1) is 14.0 Å². The van der Waals surface area contributed by atoms with E-state index in [1.54, 1.807) is 0 Å². The number of aliphatic hydroxyl groups excluding tert-OH is 3. The second-order valence-electron chi connectivity index (χ2n) is 5.36. The maximum atomic E-state index is 11.3. The molecule has 21 heavy (non-hydrogen) atoms. The van der Waals surface area contributed by atoms with Crippen LogP contribution in [-0.2, 0) is 9.53 Å². The van der Waals surface area contributed by atoms with Crippen molar-refractivity contribution in [1.82, 2.24) is 5.32 Å². The molecule has 2 heterocycles. The quantitative estimate of drug-likeness (QED) is 0.510. The molecule has 120 valence electrons. The number of carbonyl (C=O) groups is 1. The van der Waals surface area contributed by atoms with E-state index >= 15 is 0 Å². The highest BCUT2D eigenvalue weighted by Gasteiger charge is 2.45. The van der Waals surface area contributed by atoms with Gasteiger partial charge in [-0.15, -0.1) is 11.8 Å². The van der Waals surface area contributed by atoms with E-state index < -0.39 is 36.4 Å². The van der Waals surface area contributed by atoms with Crippen molar-refractivity contribution < 1.29 is 26.2 Å². The molecule has 0 aromatic carbocycles. The molecular formula is C12H21N3O5S. The number of hydrogen-bond donors (Lipinski definition) is 4. The number of ether oxygens (including phenoxy) is 1. The van der Waals surface area contributed by atoms with E-state index in [4.69, 9.17) is 6.11 Å². The van der Waals surface area contributed by atoms with Gasteiger partial charge in [0.2, 0.25) is 5.91 Å². The second-order valence-corrected chi connectivity index (χ2v) is 6.57. The van der Waals surface area contributed by atoms with Crippen LogP contribution in [0.1, 0.15) is 21.6 Å². The lowest BCUT2D eigenvalue weighted by molar-refractivity contribution is -0.173. The van der Waals surface area contributed by atoms with Crippen molar-refractivity contribution in [3.8, 4) is 0 Å². The summed E-state index contributed by atoms with van der Waals surface area (Å²) in [6.07, 6.45) is -3.33. The van der Waals surface area contributed by atoms with Crippen LogP contribution in [0.3, 0.4) is 0 Å². The minimum Gasteiger partial charge on any atom is -0.394 e. The van der Waals surface area contributed by atoms with Gasteiger partial charge in [-0.05, 0) is 6.92 Å². The lowest BCUT2D eigenvalue weighted by Gasteiger charge is -2.42. The molecule has 0 saturated carbocycles. The molecule has 6 atom stereocenters. The van der Waals surface area contributed by atoms with Gasteiger partial charge < -0.3 is 25.4 Å². The molecular weight excluding hydrogens is 298 g/mol. The zero-order valence-electron chi connectivity index (χ0n) is 12.8. The van der Waals surface area contributed by atoms with Crippen molar-refractivity contribution in [1.29, 1.82) is 0 Å². The Morgan fingerprint density at radius 3 is 2.67 bits per heavy atom. The molecule has 1 saturated heterocycles. The minimum absolute atomic E-state index is 0.363. The molecule has 0 radical (unpaired) electrons. The van der Waals surface area contributed by atoms with Crippen molar-refractivity contribution in [2.24, 2.45) is 10.2 Å². The maximum absolute atomic E-state index is 11.3. The van der Waals surface area contributed by atoms with Gasteiger partial charge in [-0.2, -0.15) is 10.2 Å². The topological polar surface area (TPSA) is 124 Å². The average Bonchev–Trinajstić information content (AvgIpc) is 3.15. The Balaban J connectivity index is 2.00. The summed E-state index contributed by atoms with van der Waals surface area (Å²) in [4.78, 5) is 11.3. The first-order valence-corrected chi connectivity index (χ1v) is 7.73. The summed E-state index contributed by atoms with van der Waals surface area (Å²) in [5, 5.41) is 39.8. The molecule has 0 spiro atoms. The third-order valence-electron chi connectivity index (χ3n) is 3.45. The smallest absolute Gasteiger partial charge is 0.217 e. The molecule has 9 heteroatoms. The highest BCUT2D eigenvalue weighted by Crippen LogP contribution is 2.35. The van der Waals surface area contributed by atoms with Crippen LogP contribution in [0.4, 0.5) is 0 Å². The molecule has 8 nitrogen and oxygen atoms in total. The number of aliphatic hydroxyl groups is 3. The molecule has 1 amide bonds. The SMILES string of the molecule is [2H]C(O)[C@H]1O[C@@H](SCCC2(C)N=N2)[C@H](NC(C)=O)[C@@H](O)[C@H]1O. The summed E-state index contributed by atoms with van der Waals surface area (Å²) >= 11 is 1.32. The fraction of sp³-hybridized carbons (Fsp3) is 0.917. The number of rotatable bonds is 6. The number of hydrogen-bond acceptors (Lipinski definition) is 8. The van der Waals surface area contributed by atoms with Crippen LogP contribution in [-0.4, -0.2) is 69.0 Å². The van der Waals surface area contributed by atoms with Crippen molar-refractivity contribution in [2.75, 3.05) is 12.3 Å². The first-order valence-electron chi connectivity index (χ1n) is 7.26. The van der Waals surface area contributed by atoms with Gasteiger partial charge in [0.1, 0.15) is 23.7 Å². The number of carbonyl (C=O) groups excluding carboxylic acids is 1. The van der Waals surface area contributed by atoms with E-state index in [9.17, 15) is 20.1 Å². The second kappa shape index (κ2) is 6.57. The Labute approximate surface area is 128 Å². The summed E-state index contributed by atoms with van der Waals surface area (Å²) in [5.74, 6) is 0.239. The number of nitrogens with zero attached hydrogens (tertiary/aromatic N) is 2.